The predicted molar refractivity (Wildman–Crippen MR) is 316 cm³/mol. The van der Waals surface area contributed by atoms with E-state index in [0.29, 0.717) is 5.56 Å². The maximum absolute atomic E-state index is 15.4. The molecule has 0 saturated heterocycles. The SMILES string of the molecule is COCCn1ccc(C(=O)NCCN(CCNC(=O)c2ccn(CCOC)c(=O)c2OCc2ccccc2)C(=O)C(Cc2ccc(OCC(=O)O)cc2)NC(=O)c2ccn(CCOC)c(=O)c2OC(=O)c2ccccc2)c(OCc2ccccc2)c1=O. The molecule has 0 aliphatic heterocycles. The molecule has 3 heterocycles. The molecule has 0 radical (unpaired) electrons. The Bertz CT molecular complexity index is 3520. The molecule has 3 aromatic heterocycles. The Labute approximate surface area is 499 Å². The molecule has 0 fully saturated rings. The van der Waals surface area contributed by atoms with Crippen LogP contribution in [0.2, 0.25) is 0 Å². The fourth-order valence-electron chi connectivity index (χ4n) is 8.75. The molecule has 87 heavy (non-hydrogen) atoms. The average Bonchev–Trinajstić information content (AvgIpc) is 3.73. The lowest BCUT2D eigenvalue weighted by molar-refractivity contribution is -0.139. The fraction of sp³-hybridized carbons (Fsp3) is 0.286. The van der Waals surface area contributed by atoms with Crippen LogP contribution in [0.5, 0.6) is 23.0 Å². The van der Waals surface area contributed by atoms with Crippen LogP contribution in [0, 0.1) is 0 Å². The first-order valence-corrected chi connectivity index (χ1v) is 27.6. The number of carbonyl (C=O) groups is 6. The number of carboxylic acid groups (broad SMARTS) is 1. The molecule has 1 atom stereocenters. The van der Waals surface area contributed by atoms with Crippen LogP contribution in [0.15, 0.2) is 166 Å². The van der Waals surface area contributed by atoms with Crippen molar-refractivity contribution in [1.29, 1.82) is 0 Å². The van der Waals surface area contributed by atoms with Crippen molar-refractivity contribution in [2.24, 2.45) is 0 Å². The highest BCUT2D eigenvalue weighted by Gasteiger charge is 2.31. The van der Waals surface area contributed by atoms with E-state index >= 15 is 4.79 Å². The highest BCUT2D eigenvalue weighted by atomic mass is 16.5. The van der Waals surface area contributed by atoms with E-state index < -0.39 is 76.2 Å². The molecule has 4 N–H and O–H groups in total. The molecule has 0 aliphatic carbocycles. The van der Waals surface area contributed by atoms with Gasteiger partial charge in [0, 0.05) is 92.2 Å². The summed E-state index contributed by atoms with van der Waals surface area (Å²) >= 11 is 0. The minimum absolute atomic E-state index is 0.0138. The van der Waals surface area contributed by atoms with Crippen molar-refractivity contribution in [2.45, 2.75) is 45.3 Å². The van der Waals surface area contributed by atoms with Crippen molar-refractivity contribution < 1.29 is 67.0 Å². The molecule has 0 saturated carbocycles. The lowest BCUT2D eigenvalue weighted by atomic mass is 10.0. The maximum atomic E-state index is 15.4. The minimum atomic E-state index is -1.53. The Morgan fingerprint density at radius 2 is 0.931 bits per heavy atom. The zero-order chi connectivity index (χ0) is 62.1. The molecule has 24 nitrogen and oxygen atoms in total. The summed E-state index contributed by atoms with van der Waals surface area (Å²) in [5.74, 6) is -6.42. The summed E-state index contributed by atoms with van der Waals surface area (Å²) in [7, 11) is 4.39. The Hall–Kier alpha value is -10.2. The molecule has 7 aromatic rings. The van der Waals surface area contributed by atoms with Gasteiger partial charge in [0.05, 0.1) is 42.1 Å². The van der Waals surface area contributed by atoms with E-state index in [1.807, 2.05) is 12.1 Å². The lowest BCUT2D eigenvalue weighted by Crippen LogP contribution is -2.53. The van der Waals surface area contributed by atoms with Crippen molar-refractivity contribution in [3.8, 4) is 23.0 Å². The number of pyridine rings is 3. The van der Waals surface area contributed by atoms with E-state index in [1.54, 1.807) is 78.9 Å². The molecule has 4 amide bonds. The zero-order valence-corrected chi connectivity index (χ0v) is 48.2. The molecule has 0 aliphatic rings. The van der Waals surface area contributed by atoms with Gasteiger partial charge in [0.25, 0.3) is 34.4 Å². The molecular weight excluding hydrogens is 1130 g/mol. The van der Waals surface area contributed by atoms with Gasteiger partial charge >= 0.3 is 11.9 Å². The molecule has 4 aromatic carbocycles. The van der Waals surface area contributed by atoms with Crippen LogP contribution in [0.1, 0.15) is 58.1 Å². The van der Waals surface area contributed by atoms with Gasteiger partial charge in [0.2, 0.25) is 11.7 Å². The summed E-state index contributed by atoms with van der Waals surface area (Å²) in [6.45, 7) is -1.12. The van der Waals surface area contributed by atoms with Gasteiger partial charge in [-0.15, -0.1) is 0 Å². The van der Waals surface area contributed by atoms with Crippen LogP contribution in [-0.4, -0.2) is 139 Å². The van der Waals surface area contributed by atoms with Gasteiger partial charge in [-0.05, 0) is 59.2 Å². The van der Waals surface area contributed by atoms with E-state index in [9.17, 15) is 43.5 Å². The molecular formula is C63H67N7O17. The molecule has 456 valence electrons. The monoisotopic (exact) mass is 1190 g/mol. The largest absolute Gasteiger partial charge is 0.482 e. The number of nitrogens with one attached hydrogen (secondary N) is 3. The smallest absolute Gasteiger partial charge is 0.343 e. The second-order valence-corrected chi connectivity index (χ2v) is 19.3. The van der Waals surface area contributed by atoms with Crippen molar-refractivity contribution in [3.63, 3.8) is 0 Å². The number of benzene rings is 4. The van der Waals surface area contributed by atoms with Crippen molar-refractivity contribution in [2.75, 3.05) is 73.9 Å². The first-order valence-electron chi connectivity index (χ1n) is 27.6. The number of ether oxygens (including phenoxy) is 7. The van der Waals surface area contributed by atoms with Crippen molar-refractivity contribution in [3.05, 3.63) is 222 Å². The summed E-state index contributed by atoms with van der Waals surface area (Å²) in [5, 5.41) is 17.5. The van der Waals surface area contributed by atoms with E-state index in [-0.39, 0.29) is 119 Å². The number of hydrogen-bond acceptors (Lipinski definition) is 16. The third kappa shape index (κ3) is 18.4. The van der Waals surface area contributed by atoms with Gasteiger partial charge in [-0.2, -0.15) is 0 Å². The third-order valence-electron chi connectivity index (χ3n) is 13.3. The number of hydrogen-bond donors (Lipinski definition) is 4. The highest BCUT2D eigenvalue weighted by molar-refractivity contribution is 6.01. The quantitative estimate of drug-likeness (QED) is 0.0423. The zero-order valence-electron chi connectivity index (χ0n) is 48.2. The second-order valence-electron chi connectivity index (χ2n) is 19.3. The molecule has 24 heteroatoms. The van der Waals surface area contributed by atoms with Gasteiger partial charge in [-0.1, -0.05) is 91.0 Å². The molecule has 0 bridgehead atoms. The Balaban J connectivity index is 1.23. The first kappa shape index (κ1) is 64.4. The Morgan fingerprint density at radius 3 is 1.37 bits per heavy atom. The second kappa shape index (κ2) is 32.8. The number of aliphatic carboxylic acids is 1. The fourth-order valence-corrected chi connectivity index (χ4v) is 8.75. The summed E-state index contributed by atoms with van der Waals surface area (Å²) in [6.07, 6.45) is 3.90. The molecule has 7 rings (SSSR count). The summed E-state index contributed by atoms with van der Waals surface area (Å²) in [5.41, 5.74) is -0.769. The topological polar surface area (TPSA) is 293 Å². The number of nitrogens with zero attached hydrogens (tertiary/aromatic N) is 4. The van der Waals surface area contributed by atoms with Gasteiger partial charge in [0.1, 0.15) is 25.0 Å². The van der Waals surface area contributed by atoms with E-state index in [0.717, 1.165) is 11.1 Å². The summed E-state index contributed by atoms with van der Waals surface area (Å²) < 4.78 is 42.5. The molecule has 1 unspecified atom stereocenters. The first-order chi connectivity index (χ1) is 42.2. The van der Waals surface area contributed by atoms with Crippen LogP contribution in [0.25, 0.3) is 0 Å². The van der Waals surface area contributed by atoms with Crippen LogP contribution in [-0.2, 0) is 63.1 Å². The van der Waals surface area contributed by atoms with E-state index in [1.165, 1.54) is 101 Å². The number of rotatable bonds is 33. The number of aromatic nitrogens is 3. The predicted octanol–water partition coefficient (Wildman–Crippen LogP) is 3.98. The molecule has 0 spiro atoms. The number of carbonyl (C=O) groups excluding carboxylic acids is 5. The number of amides is 4. The van der Waals surface area contributed by atoms with Crippen LogP contribution in [0.3, 0.4) is 0 Å². The van der Waals surface area contributed by atoms with Crippen molar-refractivity contribution >= 4 is 35.6 Å². The van der Waals surface area contributed by atoms with Gasteiger partial charge in [-0.3, -0.25) is 33.6 Å². The normalized spacial score (nSPS) is 11.2. The number of esters is 1. The van der Waals surface area contributed by atoms with Crippen LogP contribution < -0.4 is 51.6 Å². The lowest BCUT2D eigenvalue weighted by Gasteiger charge is -2.29. The van der Waals surface area contributed by atoms with Gasteiger partial charge in [-0.25, -0.2) is 9.59 Å². The van der Waals surface area contributed by atoms with Gasteiger partial charge in [0.15, 0.2) is 18.1 Å². The minimum Gasteiger partial charge on any atom is -0.482 e. The van der Waals surface area contributed by atoms with Crippen molar-refractivity contribution in [1.82, 2.24) is 34.6 Å². The number of methoxy groups -OCH3 is 3. The number of carboxylic acids is 1. The van der Waals surface area contributed by atoms with Crippen LogP contribution in [0.4, 0.5) is 0 Å². The Kier molecular flexibility index (Phi) is 24.3. The summed E-state index contributed by atoms with van der Waals surface area (Å²) in [4.78, 5) is 126. The maximum Gasteiger partial charge on any atom is 0.343 e. The standard InChI is InChI=1S/C63H67N7O17/c1-81-36-33-67-28-23-48(53(60(67)77)85-40-44-13-7-4-8-14-44)56(73)64-26-31-70(32-27-65-57(74)49-24-29-68(34-37-82-2)61(78)54(49)86-41-45-15-9-5-10-16-45)59(76)51(39-43-19-21-47(22-20-43)84-42-52(71)72)66-58(75)50-25-30-69(35-38-83-3)62(79)55(50)87-63(80)46-17-11-6-12-18-46/h4-25,28-30,51H,26-27,31-42H2,1-3H3,(H,64,73)(H,65,74)(H,66,75)(H,71,72). The van der Waals surface area contributed by atoms with Gasteiger partial charge < -0.3 is 72.8 Å². The highest BCUT2D eigenvalue weighted by Crippen LogP contribution is 2.21. The average molecular weight is 1190 g/mol. The summed E-state index contributed by atoms with van der Waals surface area (Å²) in [6, 6.07) is 34.3. The Morgan fingerprint density at radius 1 is 0.506 bits per heavy atom. The van der Waals surface area contributed by atoms with E-state index in [4.69, 9.17) is 33.2 Å². The van der Waals surface area contributed by atoms with Crippen LogP contribution >= 0.6 is 0 Å². The third-order valence-corrected chi connectivity index (χ3v) is 13.3. The van der Waals surface area contributed by atoms with E-state index in [2.05, 4.69) is 16.0 Å².